The Kier molecular flexibility index (Phi) is 3.46. The molecule has 1 aromatic heterocycles. The van der Waals surface area contributed by atoms with Gasteiger partial charge in [0.2, 0.25) is 0 Å². The molecular weight excluding hydrogens is 232 g/mol. The lowest BCUT2D eigenvalue weighted by atomic mass is 10.0. The summed E-state index contributed by atoms with van der Waals surface area (Å²) in [5, 5.41) is 0. The number of hydrogen-bond acceptors (Lipinski definition) is 1. The van der Waals surface area contributed by atoms with E-state index in [0.29, 0.717) is 0 Å². The van der Waals surface area contributed by atoms with Crippen LogP contribution in [-0.4, -0.2) is 0 Å². The molecule has 0 amide bonds. The maximum Gasteiger partial charge on any atom is 0.133 e. The molecule has 19 heavy (non-hydrogen) atoms. The number of rotatable bonds is 4. The molecule has 0 aliphatic heterocycles. The first-order valence-corrected chi connectivity index (χ1v) is 6.58. The van der Waals surface area contributed by atoms with Crippen LogP contribution in [0, 0.1) is 0 Å². The van der Waals surface area contributed by atoms with E-state index < -0.39 is 0 Å². The summed E-state index contributed by atoms with van der Waals surface area (Å²) in [7, 11) is 0. The van der Waals surface area contributed by atoms with E-state index in [9.17, 15) is 0 Å². The maximum absolute atomic E-state index is 5.39. The van der Waals surface area contributed by atoms with E-state index >= 15 is 0 Å². The number of aryl methyl sites for hydroxylation is 2. The summed E-state index contributed by atoms with van der Waals surface area (Å²) in [6.07, 6.45) is 3.86. The van der Waals surface area contributed by atoms with E-state index in [2.05, 4.69) is 54.6 Å². The van der Waals surface area contributed by atoms with Gasteiger partial charge in [0.05, 0.1) is 6.26 Å². The van der Waals surface area contributed by atoms with Gasteiger partial charge in [-0.2, -0.15) is 0 Å². The van der Waals surface area contributed by atoms with Gasteiger partial charge in [-0.15, -0.1) is 0 Å². The summed E-state index contributed by atoms with van der Waals surface area (Å²) in [5.41, 5.74) is 3.88. The van der Waals surface area contributed by atoms with Crippen molar-refractivity contribution in [3.05, 3.63) is 84.1 Å². The monoisotopic (exact) mass is 248 g/mol. The molecule has 0 radical (unpaired) electrons. The van der Waals surface area contributed by atoms with Crippen molar-refractivity contribution in [3.8, 4) is 11.3 Å². The molecule has 0 bridgehead atoms. The van der Waals surface area contributed by atoms with Gasteiger partial charge in [0.1, 0.15) is 5.76 Å². The number of benzene rings is 2. The maximum atomic E-state index is 5.39. The molecule has 0 aliphatic rings. The van der Waals surface area contributed by atoms with Crippen molar-refractivity contribution in [2.45, 2.75) is 12.8 Å². The molecule has 3 rings (SSSR count). The van der Waals surface area contributed by atoms with Gasteiger partial charge < -0.3 is 4.42 Å². The van der Waals surface area contributed by atoms with E-state index in [1.54, 1.807) is 6.26 Å². The van der Waals surface area contributed by atoms with Crippen LogP contribution in [0.3, 0.4) is 0 Å². The molecule has 0 aliphatic carbocycles. The molecule has 0 fully saturated rings. The van der Waals surface area contributed by atoms with Gasteiger partial charge in [0.15, 0.2) is 0 Å². The molecule has 0 spiro atoms. The van der Waals surface area contributed by atoms with Crippen molar-refractivity contribution < 1.29 is 4.42 Å². The first kappa shape index (κ1) is 11.8. The fourth-order valence-electron chi connectivity index (χ4n) is 2.21. The zero-order valence-corrected chi connectivity index (χ0v) is 10.8. The first-order valence-electron chi connectivity index (χ1n) is 6.58. The van der Waals surface area contributed by atoms with Crippen LogP contribution in [0.25, 0.3) is 11.3 Å². The Morgan fingerprint density at radius 1 is 0.632 bits per heavy atom. The highest BCUT2D eigenvalue weighted by molar-refractivity contribution is 5.57. The standard InChI is InChI=1S/C18H16O/c1-2-5-15(6-3-1)8-9-16-10-12-17(13-11-16)18-7-4-14-19-18/h1-7,10-14H,8-9H2. The summed E-state index contributed by atoms with van der Waals surface area (Å²) in [6, 6.07) is 23.1. The van der Waals surface area contributed by atoms with E-state index in [-0.39, 0.29) is 0 Å². The Morgan fingerprint density at radius 3 is 1.95 bits per heavy atom. The minimum Gasteiger partial charge on any atom is -0.464 e. The minimum atomic E-state index is 0.926. The molecular formula is C18H16O. The van der Waals surface area contributed by atoms with Crippen molar-refractivity contribution in [2.24, 2.45) is 0 Å². The average Bonchev–Trinajstić information content (AvgIpc) is 3.01. The van der Waals surface area contributed by atoms with E-state index in [4.69, 9.17) is 4.42 Å². The second-order valence-corrected chi connectivity index (χ2v) is 4.66. The predicted octanol–water partition coefficient (Wildman–Crippen LogP) is 4.73. The molecule has 0 atom stereocenters. The van der Waals surface area contributed by atoms with Crippen LogP contribution >= 0.6 is 0 Å². The molecule has 1 heteroatoms. The van der Waals surface area contributed by atoms with Crippen LogP contribution in [0.4, 0.5) is 0 Å². The van der Waals surface area contributed by atoms with Gasteiger partial charge in [-0.1, -0.05) is 54.6 Å². The summed E-state index contributed by atoms with van der Waals surface area (Å²) >= 11 is 0. The lowest BCUT2D eigenvalue weighted by molar-refractivity contribution is 0.582. The van der Waals surface area contributed by atoms with E-state index in [1.165, 1.54) is 11.1 Å². The largest absolute Gasteiger partial charge is 0.464 e. The van der Waals surface area contributed by atoms with E-state index in [1.807, 2.05) is 12.1 Å². The van der Waals surface area contributed by atoms with Crippen molar-refractivity contribution in [2.75, 3.05) is 0 Å². The van der Waals surface area contributed by atoms with Crippen molar-refractivity contribution in [1.29, 1.82) is 0 Å². The van der Waals surface area contributed by atoms with Crippen molar-refractivity contribution in [1.82, 2.24) is 0 Å². The lowest BCUT2D eigenvalue weighted by Crippen LogP contribution is -1.90. The van der Waals surface area contributed by atoms with Crippen LogP contribution in [0.5, 0.6) is 0 Å². The van der Waals surface area contributed by atoms with Crippen LogP contribution in [0.15, 0.2) is 77.4 Å². The van der Waals surface area contributed by atoms with E-state index in [0.717, 1.165) is 24.2 Å². The highest BCUT2D eigenvalue weighted by Gasteiger charge is 2.00. The fraction of sp³-hybridized carbons (Fsp3) is 0.111. The number of hydrogen-bond donors (Lipinski definition) is 0. The zero-order valence-electron chi connectivity index (χ0n) is 10.8. The average molecular weight is 248 g/mol. The Balaban J connectivity index is 1.67. The van der Waals surface area contributed by atoms with Gasteiger partial charge in [0.25, 0.3) is 0 Å². The Hall–Kier alpha value is -2.28. The highest BCUT2D eigenvalue weighted by Crippen LogP contribution is 2.20. The molecule has 1 nitrogen and oxygen atoms in total. The first-order chi connectivity index (χ1) is 9.42. The van der Waals surface area contributed by atoms with Gasteiger partial charge >= 0.3 is 0 Å². The summed E-state index contributed by atoms with van der Waals surface area (Å²) in [5.74, 6) is 0.926. The second-order valence-electron chi connectivity index (χ2n) is 4.66. The summed E-state index contributed by atoms with van der Waals surface area (Å²) < 4.78 is 5.39. The van der Waals surface area contributed by atoms with Gasteiger partial charge in [-0.3, -0.25) is 0 Å². The topological polar surface area (TPSA) is 13.1 Å². The third kappa shape index (κ3) is 2.94. The summed E-state index contributed by atoms with van der Waals surface area (Å²) in [4.78, 5) is 0. The molecule has 0 N–H and O–H groups in total. The molecule has 0 unspecified atom stereocenters. The van der Waals surface area contributed by atoms with Crippen LogP contribution in [-0.2, 0) is 12.8 Å². The zero-order chi connectivity index (χ0) is 12.9. The SMILES string of the molecule is c1ccc(CCc2ccc(-c3ccco3)cc2)cc1. The van der Waals surface area contributed by atoms with Crippen LogP contribution < -0.4 is 0 Å². The molecule has 1 heterocycles. The quantitative estimate of drug-likeness (QED) is 0.650. The van der Waals surface area contributed by atoms with Crippen molar-refractivity contribution in [3.63, 3.8) is 0 Å². The highest BCUT2D eigenvalue weighted by atomic mass is 16.3. The third-order valence-corrected chi connectivity index (χ3v) is 3.30. The second kappa shape index (κ2) is 5.57. The van der Waals surface area contributed by atoms with Crippen LogP contribution in [0.2, 0.25) is 0 Å². The Morgan fingerprint density at radius 2 is 1.32 bits per heavy atom. The molecule has 3 aromatic rings. The smallest absolute Gasteiger partial charge is 0.133 e. The third-order valence-electron chi connectivity index (χ3n) is 3.30. The normalized spacial score (nSPS) is 10.5. The molecule has 0 saturated carbocycles. The lowest BCUT2D eigenvalue weighted by Gasteiger charge is -2.03. The van der Waals surface area contributed by atoms with Crippen molar-refractivity contribution >= 4 is 0 Å². The molecule has 2 aromatic carbocycles. The van der Waals surface area contributed by atoms with Crippen LogP contribution in [0.1, 0.15) is 11.1 Å². The molecule has 0 saturated heterocycles. The Labute approximate surface area is 113 Å². The Bertz CT molecular complexity index is 607. The minimum absolute atomic E-state index is 0.926. The predicted molar refractivity (Wildman–Crippen MR) is 78.0 cm³/mol. The fourth-order valence-corrected chi connectivity index (χ4v) is 2.21. The number of furan rings is 1. The van der Waals surface area contributed by atoms with Gasteiger partial charge in [0, 0.05) is 5.56 Å². The molecule has 94 valence electrons. The van der Waals surface area contributed by atoms with Gasteiger partial charge in [-0.25, -0.2) is 0 Å². The summed E-state index contributed by atoms with van der Waals surface area (Å²) in [6.45, 7) is 0. The van der Waals surface area contributed by atoms with Gasteiger partial charge in [-0.05, 0) is 36.1 Å².